The van der Waals surface area contributed by atoms with Crippen LogP contribution >= 0.6 is 0 Å². The molecule has 17 heavy (non-hydrogen) atoms. The molecule has 2 N–H and O–H groups in total. The fourth-order valence-electron chi connectivity index (χ4n) is 1.38. The summed E-state index contributed by atoms with van der Waals surface area (Å²) in [7, 11) is 0. The molecule has 0 spiro atoms. The van der Waals surface area contributed by atoms with Crippen molar-refractivity contribution in [2.75, 3.05) is 0 Å². The summed E-state index contributed by atoms with van der Waals surface area (Å²) in [5.74, 6) is 0. The Hall–Kier alpha value is -1.24. The summed E-state index contributed by atoms with van der Waals surface area (Å²) in [4.78, 5) is 0. The molecular weight excluding hydrogens is 248 g/mol. The summed E-state index contributed by atoms with van der Waals surface area (Å²) >= 11 is 0. The fourth-order valence-corrected chi connectivity index (χ4v) is 1.38. The van der Waals surface area contributed by atoms with Gasteiger partial charge in [-0.25, -0.2) is 0 Å². The van der Waals surface area contributed by atoms with Gasteiger partial charge in [0.15, 0.2) is 0 Å². The fraction of sp³-hybridized carbons (Fsp3) is 0.400. The van der Waals surface area contributed by atoms with Gasteiger partial charge in [-0.1, -0.05) is 6.07 Å². The van der Waals surface area contributed by atoms with E-state index in [0.717, 1.165) is 13.0 Å². The summed E-state index contributed by atoms with van der Waals surface area (Å²) in [6.45, 7) is 1.16. The Bertz CT molecular complexity index is 406. The van der Waals surface area contributed by atoms with Crippen molar-refractivity contribution in [1.29, 1.82) is 0 Å². The second-order valence-electron chi connectivity index (χ2n) is 3.59. The Morgan fingerprint density at radius 2 is 1.59 bits per heavy atom. The van der Waals surface area contributed by atoms with E-state index in [1.165, 1.54) is 0 Å². The first-order valence-electron chi connectivity index (χ1n) is 4.53. The first kappa shape index (κ1) is 13.8. The van der Waals surface area contributed by atoms with Gasteiger partial charge in [0.05, 0.1) is 5.56 Å². The van der Waals surface area contributed by atoms with E-state index in [2.05, 4.69) is 0 Å². The van der Waals surface area contributed by atoms with Gasteiger partial charge in [-0.15, -0.1) is 0 Å². The van der Waals surface area contributed by atoms with Gasteiger partial charge in [0.1, 0.15) is 6.04 Å². The van der Waals surface area contributed by atoms with Crippen LogP contribution in [-0.2, 0) is 6.18 Å². The van der Waals surface area contributed by atoms with E-state index < -0.39 is 24.0 Å². The van der Waals surface area contributed by atoms with Crippen LogP contribution in [0, 0.1) is 6.92 Å². The lowest BCUT2D eigenvalue weighted by atomic mass is 9.99. The summed E-state index contributed by atoms with van der Waals surface area (Å²) in [5, 5.41) is 0. The Labute approximate surface area is 93.2 Å². The Morgan fingerprint density at radius 3 is 1.94 bits per heavy atom. The van der Waals surface area contributed by atoms with Crippen LogP contribution in [0.5, 0.6) is 0 Å². The molecule has 0 radical (unpaired) electrons. The number of benzene rings is 1. The molecule has 0 amide bonds. The van der Waals surface area contributed by atoms with E-state index in [0.29, 0.717) is 12.1 Å². The van der Waals surface area contributed by atoms with E-state index in [1.54, 1.807) is 0 Å². The molecule has 1 rings (SSSR count). The van der Waals surface area contributed by atoms with Crippen molar-refractivity contribution in [2.24, 2.45) is 5.73 Å². The van der Waals surface area contributed by atoms with Gasteiger partial charge in [-0.05, 0) is 30.2 Å². The molecule has 0 saturated heterocycles. The Balaban J connectivity index is 3.15. The molecular formula is C10H9F6N. The summed E-state index contributed by atoms with van der Waals surface area (Å²) < 4.78 is 73.7. The van der Waals surface area contributed by atoms with Crippen LogP contribution in [0.4, 0.5) is 26.3 Å². The highest BCUT2D eigenvalue weighted by Gasteiger charge is 2.39. The van der Waals surface area contributed by atoms with Crippen molar-refractivity contribution in [3.63, 3.8) is 0 Å². The molecule has 0 aliphatic carbocycles. The molecule has 0 bridgehead atoms. The molecule has 1 unspecified atom stereocenters. The van der Waals surface area contributed by atoms with Crippen LogP contribution in [-0.4, -0.2) is 6.18 Å². The first-order chi connectivity index (χ1) is 7.53. The largest absolute Gasteiger partial charge is 0.416 e. The second kappa shape index (κ2) is 4.21. The molecule has 1 aromatic rings. The summed E-state index contributed by atoms with van der Waals surface area (Å²) in [6.07, 6.45) is -9.25. The van der Waals surface area contributed by atoms with Crippen molar-refractivity contribution in [3.05, 3.63) is 34.9 Å². The zero-order chi connectivity index (χ0) is 13.4. The molecule has 1 aromatic carbocycles. The van der Waals surface area contributed by atoms with Gasteiger partial charge in [-0.2, -0.15) is 26.3 Å². The zero-order valence-electron chi connectivity index (χ0n) is 8.65. The van der Waals surface area contributed by atoms with Crippen molar-refractivity contribution in [1.82, 2.24) is 0 Å². The van der Waals surface area contributed by atoms with Gasteiger partial charge in [0.2, 0.25) is 0 Å². The van der Waals surface area contributed by atoms with E-state index in [-0.39, 0.29) is 11.1 Å². The third kappa shape index (κ3) is 3.12. The van der Waals surface area contributed by atoms with Crippen LogP contribution in [0.25, 0.3) is 0 Å². The molecule has 1 atom stereocenters. The van der Waals surface area contributed by atoms with E-state index in [1.807, 2.05) is 0 Å². The predicted octanol–water partition coefficient (Wildman–Crippen LogP) is 3.58. The summed E-state index contributed by atoms with van der Waals surface area (Å²) in [5.41, 5.74) is 3.44. The van der Waals surface area contributed by atoms with Gasteiger partial charge in [-0.3, -0.25) is 0 Å². The Morgan fingerprint density at radius 1 is 1.06 bits per heavy atom. The van der Waals surface area contributed by atoms with Gasteiger partial charge in [0, 0.05) is 0 Å². The zero-order valence-corrected chi connectivity index (χ0v) is 8.65. The highest BCUT2D eigenvalue weighted by atomic mass is 19.4. The average molecular weight is 257 g/mol. The van der Waals surface area contributed by atoms with Crippen molar-refractivity contribution >= 4 is 0 Å². The third-order valence-corrected chi connectivity index (χ3v) is 2.28. The second-order valence-corrected chi connectivity index (χ2v) is 3.59. The molecule has 1 nitrogen and oxygen atoms in total. The average Bonchev–Trinajstić information content (AvgIpc) is 2.13. The molecule has 0 heterocycles. The molecule has 0 aromatic heterocycles. The standard InChI is InChI=1S/C10H9F6N/c1-5-4-6(9(11,12)13)2-3-7(5)8(17)10(14,15)16/h2-4,8H,17H2,1H3. The highest BCUT2D eigenvalue weighted by molar-refractivity contribution is 5.35. The molecule has 96 valence electrons. The number of halogens is 6. The van der Waals surface area contributed by atoms with E-state index >= 15 is 0 Å². The number of nitrogens with two attached hydrogens (primary N) is 1. The summed E-state index contributed by atoms with van der Waals surface area (Å²) in [6, 6.07) is -0.268. The minimum absolute atomic E-state index is 0.135. The quantitative estimate of drug-likeness (QED) is 0.764. The number of rotatable bonds is 1. The lowest BCUT2D eigenvalue weighted by Crippen LogP contribution is -2.29. The molecule has 0 aliphatic heterocycles. The van der Waals surface area contributed by atoms with Crippen LogP contribution in [0.15, 0.2) is 18.2 Å². The van der Waals surface area contributed by atoms with Crippen LogP contribution in [0.1, 0.15) is 22.7 Å². The first-order valence-corrected chi connectivity index (χ1v) is 4.53. The number of aryl methyl sites for hydroxylation is 1. The number of hydrogen-bond acceptors (Lipinski definition) is 1. The molecule has 0 saturated carbocycles. The topological polar surface area (TPSA) is 26.0 Å². The normalized spacial score (nSPS) is 14.8. The molecule has 0 fully saturated rings. The van der Waals surface area contributed by atoms with Crippen molar-refractivity contribution < 1.29 is 26.3 Å². The van der Waals surface area contributed by atoms with Crippen molar-refractivity contribution in [3.8, 4) is 0 Å². The lowest BCUT2D eigenvalue weighted by molar-refractivity contribution is -0.149. The van der Waals surface area contributed by atoms with Crippen LogP contribution < -0.4 is 5.73 Å². The van der Waals surface area contributed by atoms with Gasteiger partial charge in [0.25, 0.3) is 0 Å². The SMILES string of the molecule is Cc1cc(C(F)(F)F)ccc1C(N)C(F)(F)F. The van der Waals surface area contributed by atoms with Crippen molar-refractivity contribution in [2.45, 2.75) is 25.3 Å². The number of alkyl halides is 6. The minimum atomic E-state index is -4.68. The van der Waals surface area contributed by atoms with Gasteiger partial charge >= 0.3 is 12.4 Å². The highest BCUT2D eigenvalue weighted by Crippen LogP contribution is 2.35. The minimum Gasteiger partial charge on any atom is -0.316 e. The maximum atomic E-state index is 12.3. The smallest absolute Gasteiger partial charge is 0.316 e. The molecule has 7 heteroatoms. The van der Waals surface area contributed by atoms with E-state index in [9.17, 15) is 26.3 Å². The molecule has 0 aliphatic rings. The number of hydrogen-bond donors (Lipinski definition) is 1. The Kier molecular flexibility index (Phi) is 3.42. The van der Waals surface area contributed by atoms with Crippen LogP contribution in [0.3, 0.4) is 0 Å². The maximum absolute atomic E-state index is 12.3. The van der Waals surface area contributed by atoms with Gasteiger partial charge < -0.3 is 5.73 Å². The predicted molar refractivity (Wildman–Crippen MR) is 49.2 cm³/mol. The lowest BCUT2D eigenvalue weighted by Gasteiger charge is -2.19. The van der Waals surface area contributed by atoms with Crippen LogP contribution in [0.2, 0.25) is 0 Å². The van der Waals surface area contributed by atoms with E-state index in [4.69, 9.17) is 5.73 Å². The third-order valence-electron chi connectivity index (χ3n) is 2.28. The monoisotopic (exact) mass is 257 g/mol. The maximum Gasteiger partial charge on any atom is 0.416 e.